The number of esters is 1. The summed E-state index contributed by atoms with van der Waals surface area (Å²) in [6.07, 6.45) is 10.7. The van der Waals surface area contributed by atoms with Crippen molar-refractivity contribution in [1.29, 1.82) is 0 Å². The van der Waals surface area contributed by atoms with Gasteiger partial charge in [-0.25, -0.2) is 4.98 Å². The molecule has 3 heterocycles. The number of hydrogen-bond donors (Lipinski definition) is 0. The molecule has 31 heavy (non-hydrogen) atoms. The first-order valence-corrected chi connectivity index (χ1v) is 12.9. The molecule has 5 rings (SSSR count). The molecule has 1 aliphatic heterocycles. The number of carbonyl (C=O) groups is 1. The van der Waals surface area contributed by atoms with Gasteiger partial charge in [-0.1, -0.05) is 6.92 Å². The summed E-state index contributed by atoms with van der Waals surface area (Å²) in [6, 6.07) is 0. The first-order valence-electron chi connectivity index (χ1n) is 12.0. The molecular formula is C24H33N3O3S. The van der Waals surface area contributed by atoms with E-state index in [9.17, 15) is 9.59 Å². The molecule has 0 unspecified atom stereocenters. The number of thiophene rings is 1. The van der Waals surface area contributed by atoms with Crippen LogP contribution in [0.2, 0.25) is 0 Å². The highest BCUT2D eigenvalue weighted by atomic mass is 32.1. The highest BCUT2D eigenvalue weighted by molar-refractivity contribution is 7.18. The van der Waals surface area contributed by atoms with Crippen molar-refractivity contribution in [3.63, 3.8) is 0 Å². The number of nitrogens with zero attached hydrogens (tertiary/aromatic N) is 3. The Hall–Kier alpha value is -1.73. The lowest BCUT2D eigenvalue weighted by Gasteiger charge is -2.26. The SMILES string of the molecule is CC1CCC(OC(=O)Cn2c(CN3CCCC3)nc3sc4c(c3c2=O)CCCC4)CC1. The van der Waals surface area contributed by atoms with Gasteiger partial charge in [-0.3, -0.25) is 19.1 Å². The van der Waals surface area contributed by atoms with E-state index in [0.29, 0.717) is 18.3 Å². The van der Waals surface area contributed by atoms with Crippen molar-refractivity contribution in [2.24, 2.45) is 5.92 Å². The second-order valence-electron chi connectivity index (χ2n) is 9.67. The van der Waals surface area contributed by atoms with Crippen molar-refractivity contribution in [3.05, 3.63) is 26.6 Å². The maximum absolute atomic E-state index is 13.6. The molecule has 0 radical (unpaired) electrons. The maximum Gasteiger partial charge on any atom is 0.326 e. The quantitative estimate of drug-likeness (QED) is 0.652. The molecule has 2 aromatic rings. The number of rotatable bonds is 5. The highest BCUT2D eigenvalue weighted by Gasteiger charge is 2.26. The Kier molecular flexibility index (Phi) is 6.15. The molecule has 6 nitrogen and oxygen atoms in total. The van der Waals surface area contributed by atoms with Gasteiger partial charge in [0.25, 0.3) is 5.56 Å². The van der Waals surface area contributed by atoms with Crippen molar-refractivity contribution in [2.45, 2.75) is 90.3 Å². The van der Waals surface area contributed by atoms with Gasteiger partial charge >= 0.3 is 5.97 Å². The second-order valence-corrected chi connectivity index (χ2v) is 10.7. The van der Waals surface area contributed by atoms with Crippen molar-refractivity contribution in [1.82, 2.24) is 14.5 Å². The zero-order valence-electron chi connectivity index (χ0n) is 18.5. The lowest BCUT2D eigenvalue weighted by molar-refractivity contribution is -0.151. The largest absolute Gasteiger partial charge is 0.461 e. The molecule has 0 N–H and O–H groups in total. The molecule has 7 heteroatoms. The smallest absolute Gasteiger partial charge is 0.326 e. The number of aryl methyl sites for hydroxylation is 2. The fourth-order valence-corrected chi connectivity index (χ4v) is 6.68. The van der Waals surface area contributed by atoms with Crippen LogP contribution in [0.25, 0.3) is 10.2 Å². The summed E-state index contributed by atoms with van der Waals surface area (Å²) in [5.41, 5.74) is 1.13. The van der Waals surface area contributed by atoms with Gasteiger partial charge in [0, 0.05) is 4.88 Å². The number of fused-ring (bicyclic) bond motifs is 3. The summed E-state index contributed by atoms with van der Waals surface area (Å²) in [5.74, 6) is 1.13. The summed E-state index contributed by atoms with van der Waals surface area (Å²) in [7, 11) is 0. The van der Waals surface area contributed by atoms with Crippen LogP contribution >= 0.6 is 11.3 Å². The van der Waals surface area contributed by atoms with Crippen LogP contribution in [-0.4, -0.2) is 39.6 Å². The number of ether oxygens (including phenoxy) is 1. The van der Waals surface area contributed by atoms with E-state index in [0.717, 1.165) is 68.3 Å². The topological polar surface area (TPSA) is 64.4 Å². The number of carbonyl (C=O) groups excluding carboxylic acids is 1. The first-order chi connectivity index (χ1) is 15.1. The van der Waals surface area contributed by atoms with E-state index in [4.69, 9.17) is 9.72 Å². The van der Waals surface area contributed by atoms with Crippen molar-refractivity contribution in [2.75, 3.05) is 13.1 Å². The minimum Gasteiger partial charge on any atom is -0.461 e. The fourth-order valence-electron chi connectivity index (χ4n) is 5.40. The molecule has 0 amide bonds. The van der Waals surface area contributed by atoms with Crippen molar-refractivity contribution < 1.29 is 9.53 Å². The average molecular weight is 444 g/mol. The van der Waals surface area contributed by atoms with Crippen LogP contribution in [0.1, 0.15) is 74.6 Å². The maximum atomic E-state index is 13.6. The Morgan fingerprint density at radius 3 is 2.61 bits per heavy atom. The third kappa shape index (κ3) is 4.44. The van der Waals surface area contributed by atoms with Gasteiger partial charge in [0.2, 0.25) is 0 Å². The summed E-state index contributed by atoms with van der Waals surface area (Å²) >= 11 is 1.68. The van der Waals surface area contributed by atoms with Crippen LogP contribution in [0.15, 0.2) is 4.79 Å². The van der Waals surface area contributed by atoms with Gasteiger partial charge in [-0.15, -0.1) is 11.3 Å². The Labute approximate surface area is 187 Å². The zero-order valence-corrected chi connectivity index (χ0v) is 19.3. The lowest BCUT2D eigenvalue weighted by Crippen LogP contribution is -2.34. The van der Waals surface area contributed by atoms with Crippen molar-refractivity contribution >= 4 is 27.5 Å². The van der Waals surface area contributed by atoms with E-state index in [1.165, 1.54) is 29.7 Å². The number of hydrogen-bond acceptors (Lipinski definition) is 6. The highest BCUT2D eigenvalue weighted by Crippen LogP contribution is 2.34. The monoisotopic (exact) mass is 443 g/mol. The van der Waals surface area contributed by atoms with Gasteiger partial charge in [0.15, 0.2) is 0 Å². The van der Waals surface area contributed by atoms with Crippen LogP contribution in [-0.2, 0) is 35.5 Å². The number of likely N-dealkylation sites (tertiary alicyclic amines) is 1. The molecule has 168 valence electrons. The molecule has 0 spiro atoms. The van der Waals surface area contributed by atoms with E-state index < -0.39 is 0 Å². The van der Waals surface area contributed by atoms with Gasteiger partial charge in [-0.2, -0.15) is 0 Å². The molecule has 3 aliphatic rings. The molecule has 2 aromatic heterocycles. The fraction of sp³-hybridized carbons (Fsp3) is 0.708. The van der Waals surface area contributed by atoms with E-state index in [-0.39, 0.29) is 24.2 Å². The standard InChI is InChI=1S/C24H33N3O3S/c1-16-8-10-17(11-9-16)30-21(28)15-27-20(14-26-12-4-5-13-26)25-23-22(24(27)29)18-6-2-3-7-19(18)31-23/h16-17H,2-15H2,1H3. The third-order valence-electron chi connectivity index (χ3n) is 7.27. The van der Waals surface area contributed by atoms with E-state index in [1.807, 2.05) is 0 Å². The number of aromatic nitrogens is 2. The summed E-state index contributed by atoms with van der Waals surface area (Å²) in [4.78, 5) is 35.9. The summed E-state index contributed by atoms with van der Waals surface area (Å²) in [5, 5.41) is 0.754. The Morgan fingerprint density at radius 1 is 1.10 bits per heavy atom. The van der Waals surface area contributed by atoms with Gasteiger partial charge in [0.05, 0.1) is 11.9 Å². The molecule has 0 atom stereocenters. The molecule has 2 aliphatic carbocycles. The molecule has 1 saturated heterocycles. The van der Waals surface area contributed by atoms with Gasteiger partial charge < -0.3 is 4.74 Å². The average Bonchev–Trinajstić information content (AvgIpc) is 3.40. The minimum absolute atomic E-state index is 0.00738. The molecular weight excluding hydrogens is 410 g/mol. The lowest BCUT2D eigenvalue weighted by atomic mass is 9.89. The predicted molar refractivity (Wildman–Crippen MR) is 123 cm³/mol. The van der Waals surface area contributed by atoms with E-state index in [1.54, 1.807) is 15.9 Å². The van der Waals surface area contributed by atoms with Crippen LogP contribution < -0.4 is 5.56 Å². The van der Waals surface area contributed by atoms with Gasteiger partial charge in [0.1, 0.15) is 23.3 Å². The van der Waals surface area contributed by atoms with Gasteiger partial charge in [-0.05, 0) is 88.8 Å². The Morgan fingerprint density at radius 2 is 1.84 bits per heavy atom. The Bertz CT molecular complexity index is 1010. The predicted octanol–water partition coefficient (Wildman–Crippen LogP) is 4.05. The Balaban J connectivity index is 1.45. The van der Waals surface area contributed by atoms with E-state index >= 15 is 0 Å². The zero-order chi connectivity index (χ0) is 21.4. The van der Waals surface area contributed by atoms with Crippen LogP contribution in [0.4, 0.5) is 0 Å². The third-order valence-corrected chi connectivity index (χ3v) is 8.45. The normalized spacial score (nSPS) is 24.4. The van der Waals surface area contributed by atoms with E-state index in [2.05, 4.69) is 11.8 Å². The first kappa shape index (κ1) is 21.1. The summed E-state index contributed by atoms with van der Waals surface area (Å²) < 4.78 is 7.41. The van der Waals surface area contributed by atoms with Crippen LogP contribution in [0.5, 0.6) is 0 Å². The summed E-state index contributed by atoms with van der Waals surface area (Å²) in [6.45, 7) is 4.91. The van der Waals surface area contributed by atoms with Crippen LogP contribution in [0.3, 0.4) is 0 Å². The minimum atomic E-state index is -0.297. The molecule has 1 saturated carbocycles. The second kappa shape index (κ2) is 9.02. The molecule has 2 fully saturated rings. The van der Waals surface area contributed by atoms with Crippen molar-refractivity contribution in [3.8, 4) is 0 Å². The van der Waals surface area contributed by atoms with Crippen LogP contribution in [0, 0.1) is 5.92 Å². The molecule has 0 aromatic carbocycles. The molecule has 0 bridgehead atoms.